The minimum Gasteiger partial charge on any atom is -0.481 e. The number of primary amides is 1. The number of hydrogen-bond acceptors (Lipinski definition) is 4. The number of nitrogens with one attached hydrogen (secondary N) is 1. The van der Waals surface area contributed by atoms with Crippen LogP contribution in [-0.4, -0.2) is 32.2 Å². The molecule has 0 spiro atoms. The van der Waals surface area contributed by atoms with Crippen LogP contribution in [0, 0.1) is 0 Å². The fourth-order valence-corrected chi connectivity index (χ4v) is 3.28. The largest absolute Gasteiger partial charge is 0.481 e. The van der Waals surface area contributed by atoms with Crippen molar-refractivity contribution in [1.82, 2.24) is 15.2 Å². The zero-order chi connectivity index (χ0) is 18.3. The maximum absolute atomic E-state index is 11.9. The number of rotatable bonds is 5. The molecule has 0 unspecified atom stereocenters. The first-order valence-corrected chi connectivity index (χ1v) is 8.15. The fourth-order valence-electron chi connectivity index (χ4n) is 3.28. The molecular formula is C19H16N4O3. The standard InChI is InChI=1S/C19H16N4O3/c20-17(24)12-1-2-15(19(5-6-19)18(25)26)13(9-12)16-14(10-22-23-16)11-3-7-21-8-4-11/h1-4,7-10H,5-6H2,(H2,20,24)(H,22,23)(H,25,26). The van der Waals surface area contributed by atoms with Crippen molar-refractivity contribution in [3.63, 3.8) is 0 Å². The number of aliphatic carboxylic acids is 1. The van der Waals surface area contributed by atoms with Gasteiger partial charge in [-0.15, -0.1) is 0 Å². The van der Waals surface area contributed by atoms with E-state index in [2.05, 4.69) is 15.2 Å². The lowest BCUT2D eigenvalue weighted by molar-refractivity contribution is -0.140. The number of aromatic amines is 1. The second kappa shape index (κ2) is 5.80. The first kappa shape index (κ1) is 16.0. The third-order valence-electron chi connectivity index (χ3n) is 4.87. The number of carbonyl (C=O) groups is 2. The highest BCUT2D eigenvalue weighted by Crippen LogP contribution is 2.52. The first-order chi connectivity index (χ1) is 12.5. The molecule has 1 aliphatic carbocycles. The van der Waals surface area contributed by atoms with Crippen LogP contribution >= 0.6 is 0 Å². The van der Waals surface area contributed by atoms with Gasteiger partial charge in [-0.3, -0.25) is 19.7 Å². The Morgan fingerprint density at radius 2 is 1.85 bits per heavy atom. The molecule has 3 aromatic rings. The van der Waals surface area contributed by atoms with Crippen LogP contribution in [0.1, 0.15) is 28.8 Å². The topological polar surface area (TPSA) is 122 Å². The number of aromatic nitrogens is 3. The number of carbonyl (C=O) groups excluding carboxylic acids is 1. The van der Waals surface area contributed by atoms with Gasteiger partial charge in [0.1, 0.15) is 5.69 Å². The molecular weight excluding hydrogens is 332 g/mol. The van der Waals surface area contributed by atoms with Crippen molar-refractivity contribution in [3.05, 3.63) is 60.0 Å². The molecule has 7 heteroatoms. The van der Waals surface area contributed by atoms with Crippen LogP contribution in [0.15, 0.2) is 48.9 Å². The highest BCUT2D eigenvalue weighted by atomic mass is 16.4. The van der Waals surface area contributed by atoms with E-state index in [1.54, 1.807) is 36.8 Å². The van der Waals surface area contributed by atoms with Gasteiger partial charge in [-0.05, 0) is 48.2 Å². The number of H-pyrrole nitrogens is 1. The van der Waals surface area contributed by atoms with Crippen molar-refractivity contribution in [2.75, 3.05) is 0 Å². The van der Waals surface area contributed by atoms with Crippen LogP contribution < -0.4 is 5.73 Å². The molecule has 1 aromatic carbocycles. The molecule has 1 saturated carbocycles. The lowest BCUT2D eigenvalue weighted by atomic mass is 9.87. The highest BCUT2D eigenvalue weighted by Gasteiger charge is 2.53. The summed E-state index contributed by atoms with van der Waals surface area (Å²) in [5, 5.41) is 16.9. The normalized spacial score (nSPS) is 14.8. The smallest absolute Gasteiger partial charge is 0.314 e. The third-order valence-corrected chi connectivity index (χ3v) is 4.87. The Hall–Kier alpha value is -3.48. The van der Waals surface area contributed by atoms with Crippen LogP contribution in [0.5, 0.6) is 0 Å². The summed E-state index contributed by atoms with van der Waals surface area (Å²) in [6.45, 7) is 0. The van der Waals surface area contributed by atoms with Gasteiger partial charge in [0.05, 0.1) is 5.41 Å². The predicted molar refractivity (Wildman–Crippen MR) is 94.3 cm³/mol. The van der Waals surface area contributed by atoms with Crippen LogP contribution in [0.25, 0.3) is 22.4 Å². The van der Waals surface area contributed by atoms with E-state index >= 15 is 0 Å². The van der Waals surface area contributed by atoms with Crippen molar-refractivity contribution in [2.24, 2.45) is 5.73 Å². The van der Waals surface area contributed by atoms with Gasteiger partial charge in [-0.25, -0.2) is 0 Å². The van der Waals surface area contributed by atoms with E-state index in [0.717, 1.165) is 11.1 Å². The molecule has 130 valence electrons. The minimum atomic E-state index is -0.931. The Balaban J connectivity index is 1.94. The van der Waals surface area contributed by atoms with E-state index in [1.807, 2.05) is 12.1 Å². The summed E-state index contributed by atoms with van der Waals surface area (Å²) in [7, 11) is 0. The second-order valence-corrected chi connectivity index (χ2v) is 6.40. The predicted octanol–water partition coefficient (Wildman–Crippen LogP) is 2.35. The van der Waals surface area contributed by atoms with Crippen molar-refractivity contribution < 1.29 is 14.7 Å². The van der Waals surface area contributed by atoms with Gasteiger partial charge in [-0.1, -0.05) is 6.07 Å². The molecule has 0 saturated heterocycles. The third kappa shape index (κ3) is 2.45. The number of nitrogens with two attached hydrogens (primary N) is 1. The van der Waals surface area contributed by atoms with Gasteiger partial charge >= 0.3 is 5.97 Å². The Bertz CT molecular complexity index is 1010. The summed E-state index contributed by atoms with van der Waals surface area (Å²) in [6, 6.07) is 8.57. The van der Waals surface area contributed by atoms with E-state index in [0.29, 0.717) is 35.2 Å². The second-order valence-electron chi connectivity index (χ2n) is 6.40. The van der Waals surface area contributed by atoms with Crippen molar-refractivity contribution in [1.29, 1.82) is 0 Å². The maximum atomic E-state index is 11.9. The van der Waals surface area contributed by atoms with Gasteiger partial charge in [0.2, 0.25) is 5.91 Å². The number of benzene rings is 1. The lowest BCUT2D eigenvalue weighted by Gasteiger charge is -2.16. The van der Waals surface area contributed by atoms with Crippen molar-refractivity contribution in [2.45, 2.75) is 18.3 Å². The van der Waals surface area contributed by atoms with E-state index in [9.17, 15) is 14.7 Å². The Kier molecular flexibility index (Phi) is 3.57. The van der Waals surface area contributed by atoms with Gasteiger partial charge in [0.15, 0.2) is 0 Å². The van der Waals surface area contributed by atoms with E-state index in [-0.39, 0.29) is 0 Å². The molecule has 4 N–H and O–H groups in total. The number of carboxylic acid groups (broad SMARTS) is 1. The highest BCUT2D eigenvalue weighted by molar-refractivity contribution is 5.97. The molecule has 0 bridgehead atoms. The molecule has 7 nitrogen and oxygen atoms in total. The average Bonchev–Trinajstić information content (AvgIpc) is 3.32. The molecule has 1 aliphatic rings. The first-order valence-electron chi connectivity index (χ1n) is 8.15. The average molecular weight is 348 g/mol. The van der Waals surface area contributed by atoms with E-state index < -0.39 is 17.3 Å². The number of pyridine rings is 1. The van der Waals surface area contributed by atoms with E-state index in [1.165, 1.54) is 0 Å². The molecule has 26 heavy (non-hydrogen) atoms. The molecule has 4 rings (SSSR count). The molecule has 2 heterocycles. The lowest BCUT2D eigenvalue weighted by Crippen LogP contribution is -2.21. The molecule has 1 fully saturated rings. The Morgan fingerprint density at radius 1 is 1.12 bits per heavy atom. The fraction of sp³-hybridized carbons (Fsp3) is 0.158. The van der Waals surface area contributed by atoms with Gasteiger partial charge in [0.25, 0.3) is 0 Å². The monoisotopic (exact) mass is 348 g/mol. The summed E-state index contributed by atoms with van der Waals surface area (Å²) in [6.07, 6.45) is 6.20. The summed E-state index contributed by atoms with van der Waals surface area (Å²) in [5.41, 5.74) is 8.34. The number of carboxylic acids is 1. The van der Waals surface area contributed by atoms with Crippen LogP contribution in [0.3, 0.4) is 0 Å². The maximum Gasteiger partial charge on any atom is 0.314 e. The van der Waals surface area contributed by atoms with Crippen LogP contribution in [0.4, 0.5) is 0 Å². The number of nitrogens with zero attached hydrogens (tertiary/aromatic N) is 2. The minimum absolute atomic E-state index is 0.314. The van der Waals surface area contributed by atoms with Gasteiger partial charge in [-0.2, -0.15) is 5.10 Å². The molecule has 0 aliphatic heterocycles. The molecule has 0 radical (unpaired) electrons. The van der Waals surface area contributed by atoms with Crippen molar-refractivity contribution in [3.8, 4) is 22.4 Å². The SMILES string of the molecule is NC(=O)c1ccc(C2(C(=O)O)CC2)c(-c2n[nH]cc2-c2ccncc2)c1. The van der Waals surface area contributed by atoms with Crippen LogP contribution in [-0.2, 0) is 10.2 Å². The Labute approximate surface area is 148 Å². The number of amides is 1. The Morgan fingerprint density at radius 3 is 2.46 bits per heavy atom. The van der Waals surface area contributed by atoms with Crippen LogP contribution in [0.2, 0.25) is 0 Å². The number of hydrogen-bond donors (Lipinski definition) is 3. The van der Waals surface area contributed by atoms with Crippen molar-refractivity contribution >= 4 is 11.9 Å². The van der Waals surface area contributed by atoms with Gasteiger partial charge < -0.3 is 10.8 Å². The summed E-state index contributed by atoms with van der Waals surface area (Å²) in [4.78, 5) is 27.5. The zero-order valence-electron chi connectivity index (χ0n) is 13.8. The molecule has 2 aromatic heterocycles. The van der Waals surface area contributed by atoms with E-state index in [4.69, 9.17) is 5.73 Å². The quantitative estimate of drug-likeness (QED) is 0.653. The summed E-state index contributed by atoms with van der Waals surface area (Å²) >= 11 is 0. The summed E-state index contributed by atoms with van der Waals surface area (Å²) in [5.74, 6) is -1.44. The molecule has 1 amide bonds. The summed E-state index contributed by atoms with van der Waals surface area (Å²) < 4.78 is 0. The zero-order valence-corrected chi connectivity index (χ0v) is 13.8. The van der Waals surface area contributed by atoms with Gasteiger partial charge in [0, 0.05) is 35.3 Å². The molecule has 0 atom stereocenters.